The zero-order valence-corrected chi connectivity index (χ0v) is 19.2. The molecule has 0 aliphatic carbocycles. The maximum absolute atomic E-state index is 5.38. The molecule has 2 N–H and O–H groups in total. The molecule has 0 heterocycles. The zero-order valence-electron chi connectivity index (χ0n) is 16.9. The molecule has 0 radical (unpaired) electrons. The third-order valence-corrected chi connectivity index (χ3v) is 4.02. The van der Waals surface area contributed by atoms with Gasteiger partial charge in [-0.2, -0.15) is 0 Å². The monoisotopic (exact) mass is 476 g/mol. The number of nitrogens with zero attached hydrogens (tertiary/aromatic N) is 2. The van der Waals surface area contributed by atoms with Crippen LogP contribution in [0.4, 0.5) is 0 Å². The van der Waals surface area contributed by atoms with E-state index in [2.05, 4.69) is 47.6 Å². The van der Waals surface area contributed by atoms with Crippen LogP contribution < -0.4 is 15.4 Å². The van der Waals surface area contributed by atoms with Gasteiger partial charge in [0.1, 0.15) is 5.75 Å². The molecule has 0 unspecified atom stereocenters. The topological polar surface area (TPSA) is 48.9 Å². The lowest BCUT2D eigenvalue weighted by molar-refractivity contribution is 0.389. The Balaban J connectivity index is 0.00000625. The van der Waals surface area contributed by atoms with E-state index in [1.165, 1.54) is 38.6 Å². The van der Waals surface area contributed by atoms with Crippen LogP contribution in [0.3, 0.4) is 0 Å². The van der Waals surface area contributed by atoms with Gasteiger partial charge >= 0.3 is 0 Å². The number of guanidine groups is 1. The van der Waals surface area contributed by atoms with Gasteiger partial charge in [-0.1, -0.05) is 37.5 Å². The van der Waals surface area contributed by atoms with Crippen molar-refractivity contribution in [2.24, 2.45) is 4.99 Å². The highest BCUT2D eigenvalue weighted by Gasteiger charge is 2.02. The van der Waals surface area contributed by atoms with Gasteiger partial charge in [0.05, 0.1) is 13.7 Å². The Morgan fingerprint density at radius 1 is 1.04 bits per heavy atom. The van der Waals surface area contributed by atoms with Crippen LogP contribution in [0.5, 0.6) is 5.75 Å². The molecule has 1 aromatic rings. The number of unbranched alkanes of at least 4 members (excludes halogenated alkanes) is 4. The number of para-hydroxylation sites is 1. The van der Waals surface area contributed by atoms with E-state index in [1.807, 2.05) is 18.2 Å². The van der Waals surface area contributed by atoms with Gasteiger partial charge in [-0.3, -0.25) is 0 Å². The van der Waals surface area contributed by atoms with E-state index in [4.69, 9.17) is 4.74 Å². The number of methoxy groups -OCH3 is 1. The fraction of sp³-hybridized carbons (Fsp3) is 0.650. The van der Waals surface area contributed by atoms with Crippen molar-refractivity contribution in [3.63, 3.8) is 0 Å². The largest absolute Gasteiger partial charge is 0.496 e. The predicted molar refractivity (Wildman–Crippen MR) is 123 cm³/mol. The van der Waals surface area contributed by atoms with Crippen LogP contribution in [0.25, 0.3) is 0 Å². The van der Waals surface area contributed by atoms with E-state index in [-0.39, 0.29) is 24.0 Å². The maximum atomic E-state index is 5.38. The molecule has 0 fully saturated rings. The SMILES string of the molecule is CCNC(=NCc1ccccc1OC)NCCCCCCCN(C)C.I. The van der Waals surface area contributed by atoms with Gasteiger partial charge in [0.2, 0.25) is 0 Å². The average Bonchev–Trinajstić information content (AvgIpc) is 2.61. The second-order valence-electron chi connectivity index (χ2n) is 6.50. The molecule has 0 saturated heterocycles. The van der Waals surface area contributed by atoms with Gasteiger partial charge in [0.25, 0.3) is 0 Å². The van der Waals surface area contributed by atoms with Gasteiger partial charge in [0.15, 0.2) is 5.96 Å². The summed E-state index contributed by atoms with van der Waals surface area (Å²) < 4.78 is 5.38. The molecule has 0 spiro atoms. The minimum atomic E-state index is 0. The fourth-order valence-corrected chi connectivity index (χ4v) is 2.63. The normalized spacial score (nSPS) is 11.2. The Morgan fingerprint density at radius 3 is 2.42 bits per heavy atom. The predicted octanol–water partition coefficient (Wildman–Crippen LogP) is 3.88. The first kappa shape index (κ1) is 25.0. The van der Waals surface area contributed by atoms with E-state index < -0.39 is 0 Å². The summed E-state index contributed by atoms with van der Waals surface area (Å²) in [5.74, 6) is 1.76. The van der Waals surface area contributed by atoms with Gasteiger partial charge in [-0.15, -0.1) is 24.0 Å². The standard InChI is InChI=1S/C20H36N4O.HI/c1-5-21-20(22-15-11-7-6-8-12-16-24(2)3)23-17-18-13-9-10-14-19(18)25-4;/h9-10,13-14H,5-8,11-12,15-17H2,1-4H3,(H2,21,22,23);1H. The zero-order chi connectivity index (χ0) is 18.3. The van der Waals surface area contributed by atoms with Crippen LogP contribution in [0.15, 0.2) is 29.3 Å². The molecular weight excluding hydrogens is 439 g/mol. The lowest BCUT2D eigenvalue weighted by Crippen LogP contribution is -2.37. The van der Waals surface area contributed by atoms with Crippen LogP contribution in [0.1, 0.15) is 44.6 Å². The summed E-state index contributed by atoms with van der Waals surface area (Å²) in [7, 11) is 5.97. The number of ether oxygens (including phenoxy) is 1. The van der Waals surface area contributed by atoms with E-state index in [0.717, 1.165) is 30.4 Å². The minimum Gasteiger partial charge on any atom is -0.496 e. The minimum absolute atomic E-state index is 0. The highest BCUT2D eigenvalue weighted by Crippen LogP contribution is 2.17. The number of benzene rings is 1. The highest BCUT2D eigenvalue weighted by molar-refractivity contribution is 14.0. The Hall–Kier alpha value is -1.02. The van der Waals surface area contributed by atoms with Crippen molar-refractivity contribution in [2.75, 3.05) is 40.8 Å². The van der Waals surface area contributed by atoms with Crippen molar-refractivity contribution < 1.29 is 4.74 Å². The molecule has 0 saturated carbocycles. The first-order valence-corrected chi connectivity index (χ1v) is 9.46. The van der Waals surface area contributed by atoms with E-state index in [0.29, 0.717) is 6.54 Å². The fourth-order valence-electron chi connectivity index (χ4n) is 2.63. The van der Waals surface area contributed by atoms with Crippen LogP contribution in [-0.2, 0) is 6.54 Å². The van der Waals surface area contributed by atoms with E-state index >= 15 is 0 Å². The number of nitrogens with one attached hydrogen (secondary N) is 2. The van der Waals surface area contributed by atoms with Gasteiger partial charge in [0, 0.05) is 18.7 Å². The molecule has 0 atom stereocenters. The van der Waals surface area contributed by atoms with Gasteiger partial charge < -0.3 is 20.3 Å². The Kier molecular flexibility index (Phi) is 15.5. The molecule has 6 heteroatoms. The van der Waals surface area contributed by atoms with E-state index in [9.17, 15) is 0 Å². The molecule has 26 heavy (non-hydrogen) atoms. The van der Waals surface area contributed by atoms with Crippen LogP contribution >= 0.6 is 24.0 Å². The molecule has 0 aromatic heterocycles. The van der Waals surface area contributed by atoms with Gasteiger partial charge in [-0.25, -0.2) is 4.99 Å². The highest BCUT2D eigenvalue weighted by atomic mass is 127. The summed E-state index contributed by atoms with van der Waals surface area (Å²) >= 11 is 0. The number of hydrogen-bond acceptors (Lipinski definition) is 3. The second-order valence-corrected chi connectivity index (χ2v) is 6.50. The molecule has 0 aliphatic rings. The van der Waals surface area contributed by atoms with Crippen LogP contribution in [0.2, 0.25) is 0 Å². The number of rotatable bonds is 12. The smallest absolute Gasteiger partial charge is 0.191 e. The molecule has 5 nitrogen and oxygen atoms in total. The summed E-state index contributed by atoms with van der Waals surface area (Å²) in [4.78, 5) is 6.92. The van der Waals surface area contributed by atoms with Crippen molar-refractivity contribution in [3.05, 3.63) is 29.8 Å². The number of hydrogen-bond donors (Lipinski definition) is 2. The molecular formula is C20H37IN4O. The first-order chi connectivity index (χ1) is 12.2. The molecule has 0 bridgehead atoms. The third-order valence-electron chi connectivity index (χ3n) is 4.02. The maximum Gasteiger partial charge on any atom is 0.191 e. The Morgan fingerprint density at radius 2 is 1.73 bits per heavy atom. The summed E-state index contributed by atoms with van der Waals surface area (Å²) in [6, 6.07) is 8.03. The molecule has 0 aliphatic heterocycles. The Labute approximate surface area is 177 Å². The number of aliphatic imine (C=N–C) groups is 1. The molecule has 150 valence electrons. The molecule has 1 rings (SSSR count). The summed E-state index contributed by atoms with van der Waals surface area (Å²) in [6.45, 7) is 5.72. The van der Waals surface area contributed by atoms with Crippen molar-refractivity contribution in [2.45, 2.75) is 45.6 Å². The summed E-state index contributed by atoms with van der Waals surface area (Å²) in [5, 5.41) is 6.73. The summed E-state index contributed by atoms with van der Waals surface area (Å²) in [5.41, 5.74) is 1.10. The van der Waals surface area contributed by atoms with Crippen molar-refractivity contribution >= 4 is 29.9 Å². The first-order valence-electron chi connectivity index (χ1n) is 9.46. The molecule has 0 amide bonds. The van der Waals surface area contributed by atoms with Crippen molar-refractivity contribution in [1.29, 1.82) is 0 Å². The third kappa shape index (κ3) is 11.6. The quantitative estimate of drug-likeness (QED) is 0.208. The average molecular weight is 476 g/mol. The van der Waals surface area contributed by atoms with Crippen LogP contribution in [-0.4, -0.2) is 51.7 Å². The van der Waals surface area contributed by atoms with E-state index in [1.54, 1.807) is 7.11 Å². The molecule has 1 aromatic carbocycles. The Bertz CT molecular complexity index is 494. The second kappa shape index (κ2) is 16.2. The van der Waals surface area contributed by atoms with Crippen LogP contribution in [0, 0.1) is 0 Å². The summed E-state index contributed by atoms with van der Waals surface area (Å²) in [6.07, 6.45) is 6.38. The van der Waals surface area contributed by atoms with Gasteiger partial charge in [-0.05, 0) is 46.5 Å². The number of halogens is 1. The lowest BCUT2D eigenvalue weighted by atomic mass is 10.1. The van der Waals surface area contributed by atoms with Crippen molar-refractivity contribution in [1.82, 2.24) is 15.5 Å². The lowest BCUT2D eigenvalue weighted by Gasteiger charge is -2.12. The van der Waals surface area contributed by atoms with Crippen molar-refractivity contribution in [3.8, 4) is 5.75 Å².